The van der Waals surface area contributed by atoms with Crippen molar-refractivity contribution in [3.63, 3.8) is 0 Å². The molecule has 0 aliphatic carbocycles. The predicted octanol–water partition coefficient (Wildman–Crippen LogP) is 3.40. The maximum atomic E-state index is 13.3. The van der Waals surface area contributed by atoms with Crippen LogP contribution in [-0.4, -0.2) is 59.2 Å². The summed E-state index contributed by atoms with van der Waals surface area (Å²) in [6.45, 7) is 6.01. The zero-order valence-corrected chi connectivity index (χ0v) is 20.7. The molecular weight excluding hydrogens is 446 g/mol. The van der Waals surface area contributed by atoms with Crippen LogP contribution in [0.5, 0.6) is 5.75 Å². The average molecular weight is 480 g/mol. The van der Waals surface area contributed by atoms with Gasteiger partial charge in [-0.05, 0) is 56.5 Å². The smallest absolute Gasteiger partial charge is 0.261 e. The van der Waals surface area contributed by atoms with Gasteiger partial charge in [-0.2, -0.15) is 0 Å². The zero-order valence-electron chi connectivity index (χ0n) is 20.7. The van der Waals surface area contributed by atoms with Gasteiger partial charge in [0, 0.05) is 25.6 Å². The summed E-state index contributed by atoms with van der Waals surface area (Å²) in [6, 6.07) is 13.4. The van der Waals surface area contributed by atoms with Gasteiger partial charge in [0.05, 0.1) is 18.2 Å². The molecule has 2 atom stereocenters. The largest absolute Gasteiger partial charge is 0.497 e. The van der Waals surface area contributed by atoms with Gasteiger partial charge in [0.1, 0.15) is 11.8 Å². The summed E-state index contributed by atoms with van der Waals surface area (Å²) >= 11 is 0. The van der Waals surface area contributed by atoms with Crippen molar-refractivity contribution in [2.24, 2.45) is 0 Å². The summed E-state index contributed by atoms with van der Waals surface area (Å²) < 4.78 is 5.20. The summed E-state index contributed by atoms with van der Waals surface area (Å²) in [5, 5.41) is 2.94. The van der Waals surface area contributed by atoms with Crippen molar-refractivity contribution in [1.82, 2.24) is 15.1 Å². The number of nitrogens with zero attached hydrogens (tertiary/aromatic N) is 2. The van der Waals surface area contributed by atoms with Crippen LogP contribution in [0.2, 0.25) is 0 Å². The van der Waals surface area contributed by atoms with E-state index in [-0.39, 0.29) is 49.2 Å². The molecule has 1 aliphatic rings. The molecule has 2 unspecified atom stereocenters. The number of imide groups is 1. The molecule has 0 radical (unpaired) electrons. The van der Waals surface area contributed by atoms with Crippen molar-refractivity contribution in [3.8, 4) is 5.75 Å². The first kappa shape index (κ1) is 25.9. The average Bonchev–Trinajstić information content (AvgIpc) is 3.11. The summed E-state index contributed by atoms with van der Waals surface area (Å²) in [4.78, 5) is 54.0. The number of methoxy groups -OCH3 is 1. The van der Waals surface area contributed by atoms with Crippen molar-refractivity contribution in [2.75, 3.05) is 13.7 Å². The Morgan fingerprint density at radius 2 is 1.60 bits per heavy atom. The van der Waals surface area contributed by atoms with E-state index < -0.39 is 6.04 Å². The molecule has 0 aromatic heterocycles. The minimum atomic E-state index is -0.682. The van der Waals surface area contributed by atoms with Crippen molar-refractivity contribution >= 4 is 23.6 Å². The van der Waals surface area contributed by atoms with Crippen LogP contribution >= 0.6 is 0 Å². The van der Waals surface area contributed by atoms with Crippen LogP contribution in [-0.2, 0) is 16.1 Å². The van der Waals surface area contributed by atoms with E-state index >= 15 is 0 Å². The number of rotatable bonds is 11. The van der Waals surface area contributed by atoms with Crippen LogP contribution in [0.25, 0.3) is 0 Å². The monoisotopic (exact) mass is 479 g/mol. The third-order valence-electron chi connectivity index (χ3n) is 6.33. The van der Waals surface area contributed by atoms with Crippen LogP contribution < -0.4 is 10.1 Å². The van der Waals surface area contributed by atoms with Gasteiger partial charge in [0.2, 0.25) is 11.8 Å². The maximum Gasteiger partial charge on any atom is 0.261 e. The van der Waals surface area contributed by atoms with E-state index in [4.69, 9.17) is 4.74 Å². The minimum absolute atomic E-state index is 0.00304. The summed E-state index contributed by atoms with van der Waals surface area (Å²) in [7, 11) is 1.58. The maximum absolute atomic E-state index is 13.3. The Bertz CT molecular complexity index is 1050. The zero-order chi connectivity index (χ0) is 25.5. The Kier molecular flexibility index (Phi) is 8.63. The van der Waals surface area contributed by atoms with Gasteiger partial charge in [0.25, 0.3) is 11.8 Å². The number of benzene rings is 2. The third kappa shape index (κ3) is 6.07. The fourth-order valence-electron chi connectivity index (χ4n) is 3.95. The van der Waals surface area contributed by atoms with Crippen molar-refractivity contribution in [1.29, 1.82) is 0 Å². The number of ether oxygens (including phenoxy) is 1. The van der Waals surface area contributed by atoms with Crippen LogP contribution in [0.3, 0.4) is 0 Å². The first-order chi connectivity index (χ1) is 16.8. The molecule has 0 spiro atoms. The van der Waals surface area contributed by atoms with Crippen LogP contribution in [0.15, 0.2) is 48.5 Å². The summed E-state index contributed by atoms with van der Waals surface area (Å²) in [5.41, 5.74) is 1.64. The van der Waals surface area contributed by atoms with Crippen LogP contribution in [0, 0.1) is 0 Å². The molecule has 8 heteroatoms. The number of fused-ring (bicyclic) bond motifs is 1. The lowest BCUT2D eigenvalue weighted by Crippen LogP contribution is -2.49. The van der Waals surface area contributed by atoms with Gasteiger partial charge >= 0.3 is 0 Å². The fraction of sp³-hybridized carbons (Fsp3) is 0.407. The third-order valence-corrected chi connectivity index (χ3v) is 6.33. The molecule has 186 valence electrons. The summed E-state index contributed by atoms with van der Waals surface area (Å²) in [6.07, 6.45) is 1.19. The second kappa shape index (κ2) is 11.6. The Morgan fingerprint density at radius 1 is 1.00 bits per heavy atom. The SMILES string of the molecule is CCC(C)NC(=O)C(C)N(Cc1ccc(OC)cc1)C(=O)CCCN1C(=O)c2ccccc2C1=O. The van der Waals surface area contributed by atoms with E-state index in [1.54, 1.807) is 43.2 Å². The van der Waals surface area contributed by atoms with Gasteiger partial charge in [-0.1, -0.05) is 31.2 Å². The molecule has 0 fully saturated rings. The van der Waals surface area contributed by atoms with Crippen LogP contribution in [0.1, 0.15) is 66.3 Å². The highest BCUT2D eigenvalue weighted by Crippen LogP contribution is 2.23. The molecule has 35 heavy (non-hydrogen) atoms. The molecule has 1 aliphatic heterocycles. The Labute approximate surface area is 206 Å². The lowest BCUT2D eigenvalue weighted by Gasteiger charge is -2.30. The van der Waals surface area contributed by atoms with Gasteiger partial charge in [-0.3, -0.25) is 24.1 Å². The van der Waals surface area contributed by atoms with Gasteiger partial charge < -0.3 is 15.0 Å². The lowest BCUT2D eigenvalue weighted by atomic mass is 10.1. The van der Waals surface area contributed by atoms with E-state index in [0.29, 0.717) is 23.3 Å². The van der Waals surface area contributed by atoms with Crippen molar-refractivity contribution in [2.45, 2.75) is 58.7 Å². The second-order valence-electron chi connectivity index (χ2n) is 8.77. The van der Waals surface area contributed by atoms with E-state index in [1.807, 2.05) is 38.1 Å². The number of hydrogen-bond donors (Lipinski definition) is 1. The normalized spacial score (nSPS) is 14.3. The predicted molar refractivity (Wildman–Crippen MR) is 132 cm³/mol. The van der Waals surface area contributed by atoms with Gasteiger partial charge in [0.15, 0.2) is 0 Å². The van der Waals surface area contributed by atoms with Crippen molar-refractivity contribution < 1.29 is 23.9 Å². The molecule has 1 heterocycles. The number of amides is 4. The Balaban J connectivity index is 1.67. The summed E-state index contributed by atoms with van der Waals surface area (Å²) in [5.74, 6) is -0.412. The highest BCUT2D eigenvalue weighted by Gasteiger charge is 2.35. The van der Waals surface area contributed by atoms with E-state index in [9.17, 15) is 19.2 Å². The molecule has 1 N–H and O–H groups in total. The Hall–Kier alpha value is -3.68. The van der Waals surface area contributed by atoms with E-state index in [0.717, 1.165) is 12.0 Å². The van der Waals surface area contributed by atoms with Crippen LogP contribution in [0.4, 0.5) is 0 Å². The number of nitrogens with one attached hydrogen (secondary N) is 1. The minimum Gasteiger partial charge on any atom is -0.497 e. The van der Waals surface area contributed by atoms with Gasteiger partial charge in [-0.15, -0.1) is 0 Å². The second-order valence-corrected chi connectivity index (χ2v) is 8.77. The number of carbonyl (C=O) groups excluding carboxylic acids is 4. The highest BCUT2D eigenvalue weighted by molar-refractivity contribution is 6.21. The molecule has 8 nitrogen and oxygen atoms in total. The molecule has 2 aromatic carbocycles. The number of carbonyl (C=O) groups is 4. The molecule has 0 saturated carbocycles. The standard InChI is InChI=1S/C27H33N3O5/c1-5-18(2)28-25(32)19(3)30(17-20-12-14-21(35-4)15-13-20)24(31)11-8-16-29-26(33)22-9-6-7-10-23(22)27(29)34/h6-7,9-10,12-15,18-19H,5,8,11,16-17H2,1-4H3,(H,28,32). The molecule has 0 saturated heterocycles. The topological polar surface area (TPSA) is 96.0 Å². The van der Waals surface area contributed by atoms with Crippen molar-refractivity contribution in [3.05, 3.63) is 65.2 Å². The first-order valence-corrected chi connectivity index (χ1v) is 11.9. The molecule has 4 amide bonds. The molecular formula is C27H33N3O5. The quantitative estimate of drug-likeness (QED) is 0.499. The Morgan fingerprint density at radius 3 is 2.14 bits per heavy atom. The first-order valence-electron chi connectivity index (χ1n) is 11.9. The van der Waals surface area contributed by atoms with E-state index in [1.165, 1.54) is 4.90 Å². The highest BCUT2D eigenvalue weighted by atomic mass is 16.5. The molecule has 0 bridgehead atoms. The molecule has 2 aromatic rings. The fourth-order valence-corrected chi connectivity index (χ4v) is 3.95. The van der Waals surface area contributed by atoms with E-state index in [2.05, 4.69) is 5.32 Å². The molecule has 3 rings (SSSR count). The number of hydrogen-bond acceptors (Lipinski definition) is 5. The lowest BCUT2D eigenvalue weighted by molar-refractivity contribution is -0.141. The van der Waals surface area contributed by atoms with Gasteiger partial charge in [-0.25, -0.2) is 0 Å².